The molecule has 0 aliphatic carbocycles. The molecule has 1 aliphatic heterocycles. The van der Waals surface area contributed by atoms with Crippen molar-refractivity contribution in [2.75, 3.05) is 25.1 Å². The normalized spacial score (nSPS) is 19.0. The maximum Gasteiger partial charge on any atom is 0.305 e. The van der Waals surface area contributed by atoms with Crippen LogP contribution in [0.25, 0.3) is 0 Å². The highest BCUT2D eigenvalue weighted by atomic mass is 79.9. The van der Waals surface area contributed by atoms with Crippen LogP contribution in [-0.4, -0.2) is 26.2 Å². The van der Waals surface area contributed by atoms with Crippen molar-refractivity contribution in [1.29, 1.82) is 0 Å². The van der Waals surface area contributed by atoms with Crippen molar-refractivity contribution in [2.24, 2.45) is 5.92 Å². The zero-order chi connectivity index (χ0) is 13.0. The Balaban J connectivity index is 1.86. The van der Waals surface area contributed by atoms with E-state index in [-0.39, 0.29) is 5.97 Å². The molecule has 1 aromatic carbocycles. The average Bonchev–Trinajstić information content (AvgIpc) is 2.84. The number of anilines is 1. The molecule has 1 atom stereocenters. The van der Waals surface area contributed by atoms with E-state index in [9.17, 15) is 4.79 Å². The lowest BCUT2D eigenvalue weighted by Crippen LogP contribution is -2.19. The number of benzene rings is 1. The zero-order valence-electron chi connectivity index (χ0n) is 10.6. The predicted octanol–water partition coefficient (Wildman–Crippen LogP) is 3.23. The van der Waals surface area contributed by atoms with E-state index >= 15 is 0 Å². The van der Waals surface area contributed by atoms with Crippen LogP contribution in [-0.2, 0) is 9.53 Å². The first-order valence-electron chi connectivity index (χ1n) is 6.26. The Bertz CT molecular complexity index is 422. The van der Waals surface area contributed by atoms with Gasteiger partial charge in [0.25, 0.3) is 0 Å². The molecule has 98 valence electrons. The third-order valence-electron chi connectivity index (χ3n) is 3.44. The van der Waals surface area contributed by atoms with E-state index in [4.69, 9.17) is 0 Å². The summed E-state index contributed by atoms with van der Waals surface area (Å²) in [6.45, 7) is 2.11. The Morgan fingerprint density at radius 3 is 3.11 bits per heavy atom. The summed E-state index contributed by atoms with van der Waals surface area (Å²) in [5.41, 5.74) is 1.25. The monoisotopic (exact) mass is 311 g/mol. The molecule has 0 bridgehead atoms. The van der Waals surface area contributed by atoms with Gasteiger partial charge in [-0.1, -0.05) is 22.0 Å². The van der Waals surface area contributed by atoms with Crippen molar-refractivity contribution < 1.29 is 9.53 Å². The van der Waals surface area contributed by atoms with E-state index in [0.717, 1.165) is 30.4 Å². The summed E-state index contributed by atoms with van der Waals surface area (Å²) in [6, 6.07) is 8.37. The number of esters is 1. The van der Waals surface area contributed by atoms with Crippen molar-refractivity contribution in [3.8, 4) is 0 Å². The van der Waals surface area contributed by atoms with Crippen molar-refractivity contribution in [2.45, 2.75) is 19.3 Å². The number of nitrogens with zero attached hydrogens (tertiary/aromatic N) is 1. The number of halogens is 1. The van der Waals surface area contributed by atoms with Crippen LogP contribution < -0.4 is 4.90 Å². The standard InChI is InChI=1S/C14H18BrNO2/c1-18-14(17)6-5-11-7-8-16(10-11)13-4-2-3-12(15)9-13/h2-4,9,11H,5-8,10H2,1H3. The number of carbonyl (C=O) groups excluding carboxylic acids is 1. The molecule has 0 spiro atoms. The van der Waals surface area contributed by atoms with Gasteiger partial charge in [0.15, 0.2) is 0 Å². The third-order valence-corrected chi connectivity index (χ3v) is 3.94. The van der Waals surface area contributed by atoms with Crippen molar-refractivity contribution >= 4 is 27.6 Å². The first-order valence-corrected chi connectivity index (χ1v) is 7.05. The number of ether oxygens (including phenoxy) is 1. The Morgan fingerprint density at radius 2 is 2.39 bits per heavy atom. The zero-order valence-corrected chi connectivity index (χ0v) is 12.1. The van der Waals surface area contributed by atoms with Crippen LogP contribution in [0, 0.1) is 5.92 Å². The van der Waals surface area contributed by atoms with Crippen LogP contribution >= 0.6 is 15.9 Å². The second-order valence-corrected chi connectivity index (χ2v) is 5.61. The molecule has 1 heterocycles. The van der Waals surface area contributed by atoms with Crippen LogP contribution in [0.3, 0.4) is 0 Å². The second kappa shape index (κ2) is 6.23. The lowest BCUT2D eigenvalue weighted by atomic mass is 10.0. The lowest BCUT2D eigenvalue weighted by Gasteiger charge is -2.18. The molecule has 4 heteroatoms. The SMILES string of the molecule is COC(=O)CCC1CCN(c2cccc(Br)c2)C1. The van der Waals surface area contributed by atoms with Gasteiger partial charge in [-0.3, -0.25) is 4.79 Å². The molecule has 2 rings (SSSR count). The molecule has 1 aliphatic rings. The first-order chi connectivity index (χ1) is 8.69. The molecule has 0 amide bonds. The van der Waals surface area contributed by atoms with Gasteiger partial charge in [-0.05, 0) is 37.0 Å². The van der Waals surface area contributed by atoms with E-state index in [1.165, 1.54) is 12.8 Å². The van der Waals surface area contributed by atoms with Gasteiger partial charge in [-0.25, -0.2) is 0 Å². The summed E-state index contributed by atoms with van der Waals surface area (Å²) in [6.07, 6.45) is 2.62. The Hall–Kier alpha value is -1.03. The van der Waals surface area contributed by atoms with Crippen LogP contribution in [0.1, 0.15) is 19.3 Å². The van der Waals surface area contributed by atoms with E-state index in [1.807, 2.05) is 6.07 Å². The minimum atomic E-state index is -0.101. The molecule has 0 radical (unpaired) electrons. The molecule has 3 nitrogen and oxygen atoms in total. The number of hydrogen-bond acceptors (Lipinski definition) is 3. The molecule has 1 fully saturated rings. The van der Waals surface area contributed by atoms with Gasteiger partial charge < -0.3 is 9.64 Å². The smallest absolute Gasteiger partial charge is 0.305 e. The Labute approximate surface area is 116 Å². The summed E-state index contributed by atoms with van der Waals surface area (Å²) >= 11 is 3.50. The maximum atomic E-state index is 11.1. The summed E-state index contributed by atoms with van der Waals surface area (Å²) in [5.74, 6) is 0.499. The summed E-state index contributed by atoms with van der Waals surface area (Å²) in [5, 5.41) is 0. The van der Waals surface area contributed by atoms with Gasteiger partial charge >= 0.3 is 5.97 Å². The van der Waals surface area contributed by atoms with Crippen LogP contribution in [0.5, 0.6) is 0 Å². The molecule has 1 saturated heterocycles. The largest absolute Gasteiger partial charge is 0.469 e. The van der Waals surface area contributed by atoms with Crippen LogP contribution in [0.2, 0.25) is 0 Å². The second-order valence-electron chi connectivity index (χ2n) is 4.70. The molecule has 0 saturated carbocycles. The van der Waals surface area contributed by atoms with E-state index in [0.29, 0.717) is 12.3 Å². The lowest BCUT2D eigenvalue weighted by molar-refractivity contribution is -0.140. The van der Waals surface area contributed by atoms with E-state index in [2.05, 4.69) is 43.8 Å². The molecule has 1 aromatic rings. The van der Waals surface area contributed by atoms with E-state index < -0.39 is 0 Å². The number of hydrogen-bond donors (Lipinski definition) is 0. The predicted molar refractivity (Wildman–Crippen MR) is 75.7 cm³/mol. The van der Waals surface area contributed by atoms with Crippen molar-refractivity contribution in [3.63, 3.8) is 0 Å². The van der Waals surface area contributed by atoms with Gasteiger partial charge in [-0.15, -0.1) is 0 Å². The molecule has 0 aromatic heterocycles. The van der Waals surface area contributed by atoms with Gasteiger partial charge in [0, 0.05) is 29.7 Å². The minimum Gasteiger partial charge on any atom is -0.469 e. The fourth-order valence-electron chi connectivity index (χ4n) is 2.40. The highest BCUT2D eigenvalue weighted by Gasteiger charge is 2.23. The van der Waals surface area contributed by atoms with Crippen LogP contribution in [0.15, 0.2) is 28.7 Å². The third kappa shape index (κ3) is 3.48. The maximum absolute atomic E-state index is 11.1. The van der Waals surface area contributed by atoms with E-state index in [1.54, 1.807) is 0 Å². The molecule has 1 unspecified atom stereocenters. The fraction of sp³-hybridized carbons (Fsp3) is 0.500. The quantitative estimate of drug-likeness (QED) is 0.800. The van der Waals surface area contributed by atoms with Crippen molar-refractivity contribution in [3.05, 3.63) is 28.7 Å². The molecule has 0 N–H and O–H groups in total. The van der Waals surface area contributed by atoms with Gasteiger partial charge in [-0.2, -0.15) is 0 Å². The number of rotatable bonds is 4. The Kier molecular flexibility index (Phi) is 4.64. The molecular weight excluding hydrogens is 294 g/mol. The highest BCUT2D eigenvalue weighted by molar-refractivity contribution is 9.10. The summed E-state index contributed by atoms with van der Waals surface area (Å²) in [4.78, 5) is 13.5. The highest BCUT2D eigenvalue weighted by Crippen LogP contribution is 2.28. The number of carbonyl (C=O) groups is 1. The fourth-order valence-corrected chi connectivity index (χ4v) is 2.79. The van der Waals surface area contributed by atoms with Gasteiger partial charge in [0.05, 0.1) is 7.11 Å². The van der Waals surface area contributed by atoms with Crippen LogP contribution in [0.4, 0.5) is 5.69 Å². The first kappa shape index (κ1) is 13.4. The topological polar surface area (TPSA) is 29.5 Å². The molecular formula is C14H18BrNO2. The van der Waals surface area contributed by atoms with Crippen molar-refractivity contribution in [1.82, 2.24) is 0 Å². The average molecular weight is 312 g/mol. The minimum absolute atomic E-state index is 0.101. The van der Waals surface area contributed by atoms with Gasteiger partial charge in [0.1, 0.15) is 0 Å². The number of methoxy groups -OCH3 is 1. The van der Waals surface area contributed by atoms with Gasteiger partial charge in [0.2, 0.25) is 0 Å². The summed E-state index contributed by atoms with van der Waals surface area (Å²) in [7, 11) is 1.45. The Morgan fingerprint density at radius 1 is 1.56 bits per heavy atom. The molecule has 18 heavy (non-hydrogen) atoms. The summed E-state index contributed by atoms with van der Waals surface area (Å²) < 4.78 is 5.79.